The Hall–Kier alpha value is -1.19. The van der Waals surface area contributed by atoms with Crippen molar-refractivity contribution < 1.29 is 14.3 Å². The van der Waals surface area contributed by atoms with Crippen LogP contribution in [0.1, 0.15) is 55.8 Å². The smallest absolute Gasteiger partial charge is 0.222 e. The fourth-order valence-corrected chi connectivity index (χ4v) is 2.06. The van der Waals surface area contributed by atoms with E-state index in [4.69, 9.17) is 9.47 Å². The molecule has 1 unspecified atom stereocenters. The summed E-state index contributed by atoms with van der Waals surface area (Å²) in [5.41, 5.74) is 0.627. The Morgan fingerprint density at radius 1 is 1.05 bits per heavy atom. The molecule has 0 spiro atoms. The Morgan fingerprint density at radius 2 is 1.70 bits per heavy atom. The second-order valence-corrected chi connectivity index (χ2v) is 4.94. The van der Waals surface area contributed by atoms with Crippen LogP contribution in [0.2, 0.25) is 0 Å². The van der Waals surface area contributed by atoms with Gasteiger partial charge in [0.1, 0.15) is 0 Å². The molecule has 1 atom stereocenters. The summed E-state index contributed by atoms with van der Waals surface area (Å²) in [6, 6.07) is 9.13. The first-order valence-corrected chi connectivity index (χ1v) is 7.53. The van der Waals surface area contributed by atoms with Gasteiger partial charge in [-0.05, 0) is 6.42 Å². The molecule has 20 heavy (non-hydrogen) atoms. The van der Waals surface area contributed by atoms with Crippen molar-refractivity contribution in [1.82, 2.24) is 0 Å². The summed E-state index contributed by atoms with van der Waals surface area (Å²) >= 11 is 0. The minimum atomic E-state index is -0.784. The average molecular weight is 278 g/mol. The van der Waals surface area contributed by atoms with Crippen molar-refractivity contribution in [2.75, 3.05) is 13.7 Å². The first kappa shape index (κ1) is 16.9. The standard InChI is InChI=1S/C17H26O3/c1-3-4-5-6-7-11-14-20-17(19-2)16(18)15-12-9-8-10-13-15/h8-10,12-13,17H,3-7,11,14H2,1-2H3. The second-order valence-electron chi connectivity index (χ2n) is 4.94. The van der Waals surface area contributed by atoms with Gasteiger partial charge in [0.25, 0.3) is 0 Å². The van der Waals surface area contributed by atoms with Crippen molar-refractivity contribution in [3.05, 3.63) is 35.9 Å². The van der Waals surface area contributed by atoms with Gasteiger partial charge in [-0.15, -0.1) is 0 Å². The minimum Gasteiger partial charge on any atom is -0.349 e. The lowest BCUT2D eigenvalue weighted by atomic mass is 10.1. The molecule has 0 radical (unpaired) electrons. The van der Waals surface area contributed by atoms with Crippen LogP contribution < -0.4 is 0 Å². The Labute approximate surface area is 122 Å². The van der Waals surface area contributed by atoms with Crippen molar-refractivity contribution >= 4 is 5.78 Å². The molecule has 0 bridgehead atoms. The van der Waals surface area contributed by atoms with Crippen LogP contribution in [0.25, 0.3) is 0 Å². The van der Waals surface area contributed by atoms with Gasteiger partial charge in [0, 0.05) is 12.7 Å². The topological polar surface area (TPSA) is 35.5 Å². The predicted octanol–water partition coefficient (Wildman–Crippen LogP) is 4.22. The van der Waals surface area contributed by atoms with E-state index in [0.29, 0.717) is 12.2 Å². The summed E-state index contributed by atoms with van der Waals surface area (Å²) < 4.78 is 10.7. The molecule has 0 saturated carbocycles. The van der Waals surface area contributed by atoms with E-state index in [1.165, 1.54) is 32.8 Å². The summed E-state index contributed by atoms with van der Waals surface area (Å²) in [5.74, 6) is -0.112. The highest BCUT2D eigenvalue weighted by Gasteiger charge is 2.19. The van der Waals surface area contributed by atoms with Crippen LogP contribution >= 0.6 is 0 Å². The Bertz CT molecular complexity index is 362. The van der Waals surface area contributed by atoms with Crippen LogP contribution in [0, 0.1) is 0 Å². The number of carbonyl (C=O) groups excluding carboxylic acids is 1. The largest absolute Gasteiger partial charge is 0.349 e. The van der Waals surface area contributed by atoms with Gasteiger partial charge in [0.15, 0.2) is 0 Å². The zero-order chi connectivity index (χ0) is 14.6. The third kappa shape index (κ3) is 6.31. The van der Waals surface area contributed by atoms with Crippen LogP contribution in [-0.4, -0.2) is 25.8 Å². The van der Waals surface area contributed by atoms with E-state index in [1.807, 2.05) is 18.2 Å². The van der Waals surface area contributed by atoms with Gasteiger partial charge in [0.2, 0.25) is 12.1 Å². The quantitative estimate of drug-likeness (QED) is 0.345. The van der Waals surface area contributed by atoms with Crippen molar-refractivity contribution in [3.8, 4) is 0 Å². The van der Waals surface area contributed by atoms with E-state index in [2.05, 4.69) is 6.92 Å². The molecule has 0 aliphatic carbocycles. The van der Waals surface area contributed by atoms with Gasteiger partial charge in [-0.2, -0.15) is 0 Å². The first-order valence-electron chi connectivity index (χ1n) is 7.53. The average Bonchev–Trinajstić information content (AvgIpc) is 2.50. The van der Waals surface area contributed by atoms with Crippen molar-refractivity contribution in [2.24, 2.45) is 0 Å². The third-order valence-corrected chi connectivity index (χ3v) is 3.25. The SMILES string of the molecule is CCCCCCCCOC(OC)C(=O)c1ccccc1. The molecule has 0 fully saturated rings. The lowest BCUT2D eigenvalue weighted by Gasteiger charge is -2.15. The molecule has 1 rings (SSSR count). The molecule has 112 valence electrons. The molecule has 0 amide bonds. The molecule has 3 heteroatoms. The molecule has 1 aromatic rings. The Morgan fingerprint density at radius 3 is 2.35 bits per heavy atom. The highest BCUT2D eigenvalue weighted by molar-refractivity contribution is 5.98. The van der Waals surface area contributed by atoms with E-state index in [0.717, 1.165) is 12.8 Å². The molecule has 0 saturated heterocycles. The number of benzene rings is 1. The molecule has 1 aromatic carbocycles. The fraction of sp³-hybridized carbons (Fsp3) is 0.588. The molecule has 0 N–H and O–H groups in total. The van der Waals surface area contributed by atoms with E-state index in [9.17, 15) is 4.79 Å². The number of ketones is 1. The van der Waals surface area contributed by atoms with Crippen molar-refractivity contribution in [2.45, 2.75) is 51.7 Å². The predicted molar refractivity (Wildman–Crippen MR) is 80.9 cm³/mol. The second kappa shape index (κ2) is 10.6. The molecular weight excluding hydrogens is 252 g/mol. The van der Waals surface area contributed by atoms with Gasteiger partial charge in [-0.3, -0.25) is 4.79 Å². The number of carbonyl (C=O) groups is 1. The van der Waals surface area contributed by atoms with Gasteiger partial charge < -0.3 is 9.47 Å². The highest BCUT2D eigenvalue weighted by Crippen LogP contribution is 2.09. The third-order valence-electron chi connectivity index (χ3n) is 3.25. The van der Waals surface area contributed by atoms with Gasteiger partial charge >= 0.3 is 0 Å². The summed E-state index contributed by atoms with van der Waals surface area (Å²) in [6.45, 7) is 2.78. The molecule has 0 heterocycles. The van der Waals surface area contributed by atoms with E-state index in [-0.39, 0.29) is 5.78 Å². The molecule has 0 aliphatic rings. The lowest BCUT2D eigenvalue weighted by molar-refractivity contribution is -0.0959. The van der Waals surface area contributed by atoms with Crippen LogP contribution in [0.4, 0.5) is 0 Å². The Kier molecular flexibility index (Phi) is 8.92. The number of methoxy groups -OCH3 is 1. The van der Waals surface area contributed by atoms with Crippen LogP contribution in [0.3, 0.4) is 0 Å². The lowest BCUT2D eigenvalue weighted by Crippen LogP contribution is -2.26. The normalized spacial score (nSPS) is 12.3. The number of rotatable bonds is 11. The highest BCUT2D eigenvalue weighted by atomic mass is 16.7. The fourth-order valence-electron chi connectivity index (χ4n) is 2.06. The maximum atomic E-state index is 12.1. The molecule has 0 aromatic heterocycles. The minimum absolute atomic E-state index is 0.112. The molecule has 3 nitrogen and oxygen atoms in total. The van der Waals surface area contributed by atoms with Gasteiger partial charge in [-0.1, -0.05) is 69.4 Å². The maximum Gasteiger partial charge on any atom is 0.222 e. The van der Waals surface area contributed by atoms with E-state index in [1.54, 1.807) is 12.1 Å². The van der Waals surface area contributed by atoms with Gasteiger partial charge in [0.05, 0.1) is 6.61 Å². The summed E-state index contributed by atoms with van der Waals surface area (Å²) in [4.78, 5) is 12.1. The zero-order valence-electron chi connectivity index (χ0n) is 12.6. The maximum absolute atomic E-state index is 12.1. The summed E-state index contributed by atoms with van der Waals surface area (Å²) in [6.07, 6.45) is 6.42. The molecular formula is C17H26O3. The van der Waals surface area contributed by atoms with Crippen LogP contribution in [0.15, 0.2) is 30.3 Å². The zero-order valence-corrected chi connectivity index (χ0v) is 12.6. The number of unbranched alkanes of at least 4 members (excludes halogenated alkanes) is 5. The summed E-state index contributed by atoms with van der Waals surface area (Å²) in [5, 5.41) is 0. The van der Waals surface area contributed by atoms with Crippen molar-refractivity contribution in [1.29, 1.82) is 0 Å². The first-order chi connectivity index (χ1) is 9.79. The van der Waals surface area contributed by atoms with Crippen LogP contribution in [0.5, 0.6) is 0 Å². The van der Waals surface area contributed by atoms with Gasteiger partial charge in [-0.25, -0.2) is 0 Å². The Balaban J connectivity index is 2.24. The van der Waals surface area contributed by atoms with E-state index >= 15 is 0 Å². The number of ether oxygens (including phenoxy) is 2. The number of hydrogen-bond donors (Lipinski definition) is 0. The molecule has 0 aliphatic heterocycles. The number of hydrogen-bond acceptors (Lipinski definition) is 3. The summed E-state index contributed by atoms with van der Waals surface area (Å²) in [7, 11) is 1.51. The monoisotopic (exact) mass is 278 g/mol. The van der Waals surface area contributed by atoms with Crippen LogP contribution in [-0.2, 0) is 9.47 Å². The van der Waals surface area contributed by atoms with Crippen molar-refractivity contribution in [3.63, 3.8) is 0 Å². The number of Topliss-reactive ketones (excluding diaryl/α,β-unsaturated/α-hetero) is 1. The van der Waals surface area contributed by atoms with E-state index < -0.39 is 6.29 Å².